The number of nitrogens with one attached hydrogen (secondary N) is 1. The molecule has 59 valence electrons. The van der Waals surface area contributed by atoms with E-state index in [1.54, 1.807) is 0 Å². The molecular weight excluding hydrogens is 126 g/mol. The zero-order valence-electron chi connectivity index (χ0n) is 7.03. The molecule has 0 aliphatic rings. The molecule has 0 fully saturated rings. The summed E-state index contributed by atoms with van der Waals surface area (Å²) in [6.07, 6.45) is 0.501. The third kappa shape index (κ3) is 5.60. The summed E-state index contributed by atoms with van der Waals surface area (Å²) in [5.74, 6) is 0.0856. The number of carbonyl (C=O) groups excluding carboxylic acids is 1. The lowest BCUT2D eigenvalue weighted by molar-refractivity contribution is -0.122. The van der Waals surface area contributed by atoms with Crippen LogP contribution >= 0.6 is 0 Å². The minimum absolute atomic E-state index is 0.0856. The first-order chi connectivity index (χ1) is 4.45. The van der Waals surface area contributed by atoms with Crippen molar-refractivity contribution < 1.29 is 4.79 Å². The van der Waals surface area contributed by atoms with Crippen molar-refractivity contribution in [2.45, 2.75) is 27.2 Å². The predicted molar refractivity (Wildman–Crippen MR) is 42.4 cm³/mol. The fraction of sp³-hybridized carbons (Fsp3) is 0.750. The van der Waals surface area contributed by atoms with Crippen molar-refractivity contribution >= 4 is 5.91 Å². The largest absolute Gasteiger partial charge is 0.356 e. The Balaban J connectivity index is 3.58. The van der Waals surface area contributed by atoms with Crippen LogP contribution in [0, 0.1) is 12.3 Å². The van der Waals surface area contributed by atoms with Crippen LogP contribution in [0.4, 0.5) is 0 Å². The summed E-state index contributed by atoms with van der Waals surface area (Å²) in [6, 6.07) is 0. The highest BCUT2D eigenvalue weighted by molar-refractivity contribution is 5.76. The second-order valence-corrected chi connectivity index (χ2v) is 3.29. The minimum atomic E-state index is -0.140. The molecule has 0 bridgehead atoms. The fourth-order valence-electron chi connectivity index (χ4n) is 0.694. The van der Waals surface area contributed by atoms with E-state index in [1.807, 2.05) is 20.8 Å². The van der Waals surface area contributed by atoms with Gasteiger partial charge in [-0.05, 0) is 19.3 Å². The SMILES string of the molecule is [CH2]C(C)(C)CC(=O)NCC. The zero-order chi connectivity index (χ0) is 8.20. The molecule has 0 aromatic carbocycles. The molecule has 0 unspecified atom stereocenters. The van der Waals surface area contributed by atoms with E-state index in [1.165, 1.54) is 0 Å². The lowest BCUT2D eigenvalue weighted by Crippen LogP contribution is -2.27. The third-order valence-corrected chi connectivity index (χ3v) is 1.01. The maximum absolute atomic E-state index is 10.9. The lowest BCUT2D eigenvalue weighted by atomic mass is 9.92. The molecule has 0 aliphatic heterocycles. The van der Waals surface area contributed by atoms with Gasteiger partial charge in [-0.15, -0.1) is 0 Å². The van der Waals surface area contributed by atoms with E-state index in [-0.39, 0.29) is 11.3 Å². The van der Waals surface area contributed by atoms with Crippen molar-refractivity contribution in [2.75, 3.05) is 6.54 Å². The zero-order valence-corrected chi connectivity index (χ0v) is 7.03. The Morgan fingerprint density at radius 2 is 2.10 bits per heavy atom. The van der Waals surface area contributed by atoms with Crippen molar-refractivity contribution in [3.8, 4) is 0 Å². The summed E-state index contributed by atoms with van der Waals surface area (Å²) in [7, 11) is 0. The number of amides is 1. The summed E-state index contributed by atoms with van der Waals surface area (Å²) in [5, 5.41) is 2.72. The summed E-state index contributed by atoms with van der Waals surface area (Å²) in [4.78, 5) is 10.9. The van der Waals surface area contributed by atoms with E-state index in [9.17, 15) is 4.79 Å². The number of hydrogen-bond donors (Lipinski definition) is 1. The van der Waals surface area contributed by atoms with Gasteiger partial charge in [-0.3, -0.25) is 4.79 Å². The van der Waals surface area contributed by atoms with Crippen LogP contribution in [0.5, 0.6) is 0 Å². The van der Waals surface area contributed by atoms with Gasteiger partial charge in [0, 0.05) is 13.0 Å². The third-order valence-electron chi connectivity index (χ3n) is 1.01. The first kappa shape index (κ1) is 9.47. The topological polar surface area (TPSA) is 29.1 Å². The summed E-state index contributed by atoms with van der Waals surface area (Å²) in [6.45, 7) is 10.3. The van der Waals surface area contributed by atoms with E-state index in [4.69, 9.17) is 0 Å². The van der Waals surface area contributed by atoms with Gasteiger partial charge >= 0.3 is 0 Å². The molecule has 0 rings (SSSR count). The quantitative estimate of drug-likeness (QED) is 0.633. The maximum Gasteiger partial charge on any atom is 0.220 e. The fourth-order valence-corrected chi connectivity index (χ4v) is 0.694. The number of hydrogen-bond acceptors (Lipinski definition) is 1. The summed E-state index contributed by atoms with van der Waals surface area (Å²) in [5.41, 5.74) is -0.140. The highest BCUT2D eigenvalue weighted by Gasteiger charge is 2.14. The molecule has 0 aliphatic carbocycles. The molecule has 2 heteroatoms. The van der Waals surface area contributed by atoms with E-state index < -0.39 is 0 Å². The minimum Gasteiger partial charge on any atom is -0.356 e. The van der Waals surface area contributed by atoms with Crippen LogP contribution in [0.3, 0.4) is 0 Å². The van der Waals surface area contributed by atoms with Crippen LogP contribution in [-0.4, -0.2) is 12.5 Å². The molecular formula is C8H16NO. The van der Waals surface area contributed by atoms with Crippen molar-refractivity contribution in [3.05, 3.63) is 6.92 Å². The van der Waals surface area contributed by atoms with Gasteiger partial charge in [-0.1, -0.05) is 13.8 Å². The molecule has 0 saturated heterocycles. The van der Waals surface area contributed by atoms with Crippen LogP contribution in [0.25, 0.3) is 0 Å². The van der Waals surface area contributed by atoms with Gasteiger partial charge in [0.1, 0.15) is 0 Å². The predicted octanol–water partition coefficient (Wildman–Crippen LogP) is 1.37. The highest BCUT2D eigenvalue weighted by Crippen LogP contribution is 2.16. The number of rotatable bonds is 3. The molecule has 2 nitrogen and oxygen atoms in total. The van der Waals surface area contributed by atoms with Crippen molar-refractivity contribution in [1.82, 2.24) is 5.32 Å². The molecule has 0 heterocycles. The van der Waals surface area contributed by atoms with Crippen molar-refractivity contribution in [3.63, 3.8) is 0 Å². The number of carbonyl (C=O) groups is 1. The highest BCUT2D eigenvalue weighted by atomic mass is 16.1. The van der Waals surface area contributed by atoms with E-state index in [0.29, 0.717) is 13.0 Å². The van der Waals surface area contributed by atoms with Gasteiger partial charge in [0.25, 0.3) is 0 Å². The molecule has 0 aromatic rings. The van der Waals surface area contributed by atoms with Crippen LogP contribution < -0.4 is 5.32 Å². The Morgan fingerprint density at radius 3 is 2.40 bits per heavy atom. The van der Waals surface area contributed by atoms with Gasteiger partial charge < -0.3 is 5.32 Å². The smallest absolute Gasteiger partial charge is 0.220 e. The van der Waals surface area contributed by atoms with Gasteiger partial charge in [0.05, 0.1) is 0 Å². The summed E-state index contributed by atoms with van der Waals surface area (Å²) < 4.78 is 0. The standard InChI is InChI=1S/C8H16NO/c1-5-9-7(10)6-8(2,3)4/h2,5-6H2,1,3-4H3,(H,9,10). The maximum atomic E-state index is 10.9. The lowest BCUT2D eigenvalue weighted by Gasteiger charge is -2.16. The van der Waals surface area contributed by atoms with Crippen molar-refractivity contribution in [1.29, 1.82) is 0 Å². The molecule has 1 N–H and O–H groups in total. The second-order valence-electron chi connectivity index (χ2n) is 3.29. The summed E-state index contributed by atoms with van der Waals surface area (Å²) >= 11 is 0. The Kier molecular flexibility index (Phi) is 3.40. The van der Waals surface area contributed by atoms with Crippen LogP contribution in [0.15, 0.2) is 0 Å². The molecule has 0 aromatic heterocycles. The van der Waals surface area contributed by atoms with E-state index in [2.05, 4.69) is 12.2 Å². The monoisotopic (exact) mass is 142 g/mol. The Bertz CT molecular complexity index is 113. The average Bonchev–Trinajstić information content (AvgIpc) is 1.59. The van der Waals surface area contributed by atoms with E-state index in [0.717, 1.165) is 0 Å². The van der Waals surface area contributed by atoms with Gasteiger partial charge in [0.2, 0.25) is 5.91 Å². The molecule has 0 saturated carbocycles. The Labute approximate surface area is 63.0 Å². The molecule has 0 atom stereocenters. The van der Waals surface area contributed by atoms with E-state index >= 15 is 0 Å². The molecule has 1 radical (unpaired) electrons. The van der Waals surface area contributed by atoms with Crippen molar-refractivity contribution in [2.24, 2.45) is 5.41 Å². The normalized spacial score (nSPS) is 11.2. The van der Waals surface area contributed by atoms with Gasteiger partial charge in [-0.25, -0.2) is 0 Å². The van der Waals surface area contributed by atoms with Gasteiger partial charge in [-0.2, -0.15) is 0 Å². The van der Waals surface area contributed by atoms with Crippen LogP contribution in [0.2, 0.25) is 0 Å². The first-order valence-electron chi connectivity index (χ1n) is 3.58. The molecule has 1 amide bonds. The van der Waals surface area contributed by atoms with Crippen LogP contribution in [-0.2, 0) is 4.79 Å². The molecule has 0 spiro atoms. The van der Waals surface area contributed by atoms with Crippen LogP contribution in [0.1, 0.15) is 27.2 Å². The second kappa shape index (κ2) is 3.59. The van der Waals surface area contributed by atoms with Gasteiger partial charge in [0.15, 0.2) is 0 Å². The first-order valence-corrected chi connectivity index (χ1v) is 3.58. The average molecular weight is 142 g/mol. The Morgan fingerprint density at radius 1 is 1.60 bits per heavy atom. The Hall–Kier alpha value is -0.530. The molecule has 10 heavy (non-hydrogen) atoms.